The minimum atomic E-state index is -3.45. The molecule has 3 aromatic carbocycles. The summed E-state index contributed by atoms with van der Waals surface area (Å²) in [6.45, 7) is 0. The zero-order valence-electron chi connectivity index (χ0n) is 17.6. The number of anilines is 2. The maximum Gasteiger partial charge on any atom is 0.257 e. The third-order valence-electron chi connectivity index (χ3n) is 4.66. The highest BCUT2D eigenvalue weighted by Crippen LogP contribution is 2.20. The molecule has 3 rings (SSSR count). The van der Waals surface area contributed by atoms with Gasteiger partial charge in [-0.15, -0.1) is 0 Å². The lowest BCUT2D eigenvalue weighted by atomic mass is 10.1. The smallest absolute Gasteiger partial charge is 0.257 e. The van der Waals surface area contributed by atoms with Gasteiger partial charge in [0.05, 0.1) is 29.9 Å². The van der Waals surface area contributed by atoms with Crippen LogP contribution in [0.2, 0.25) is 0 Å². The fourth-order valence-electron chi connectivity index (χ4n) is 3.02. The van der Waals surface area contributed by atoms with Crippen molar-refractivity contribution in [3.8, 4) is 5.75 Å². The molecule has 3 aromatic rings. The van der Waals surface area contributed by atoms with Crippen molar-refractivity contribution in [3.63, 3.8) is 0 Å². The lowest BCUT2D eigenvalue weighted by molar-refractivity contribution is -0.115. The number of sulfone groups is 1. The van der Waals surface area contributed by atoms with Crippen LogP contribution in [0.5, 0.6) is 5.75 Å². The lowest BCUT2D eigenvalue weighted by Gasteiger charge is -2.12. The molecule has 0 aliphatic heterocycles. The van der Waals surface area contributed by atoms with Crippen LogP contribution in [0.25, 0.3) is 0 Å². The van der Waals surface area contributed by atoms with Crippen LogP contribution in [0, 0.1) is 0 Å². The number of para-hydroxylation sites is 1. The Labute approximate surface area is 187 Å². The molecule has 0 unspecified atom stereocenters. The maximum atomic E-state index is 12.7. The first-order chi connectivity index (χ1) is 15.4. The molecule has 0 aromatic heterocycles. The fourth-order valence-corrected chi connectivity index (χ4v) is 4.37. The van der Waals surface area contributed by atoms with E-state index in [0.29, 0.717) is 22.7 Å². The third kappa shape index (κ3) is 6.68. The Hall–Kier alpha value is -3.65. The normalized spacial score (nSPS) is 10.9. The van der Waals surface area contributed by atoms with Crippen molar-refractivity contribution in [3.05, 3.63) is 90.0 Å². The Morgan fingerprint density at radius 1 is 0.844 bits per heavy atom. The van der Waals surface area contributed by atoms with Crippen molar-refractivity contribution < 1.29 is 22.7 Å². The molecule has 0 saturated heterocycles. The molecule has 32 heavy (non-hydrogen) atoms. The average Bonchev–Trinajstić information content (AvgIpc) is 2.79. The number of carbonyl (C=O) groups excluding carboxylic acids is 2. The van der Waals surface area contributed by atoms with Crippen molar-refractivity contribution in [1.82, 2.24) is 0 Å². The number of ether oxygens (including phenoxy) is 1. The number of hydrogen-bond donors (Lipinski definition) is 2. The number of nitrogens with one attached hydrogen (secondary N) is 2. The van der Waals surface area contributed by atoms with Gasteiger partial charge in [-0.2, -0.15) is 0 Å². The molecule has 7 nitrogen and oxygen atoms in total. The molecule has 2 amide bonds. The summed E-state index contributed by atoms with van der Waals surface area (Å²) in [5.74, 6) is -0.623. The van der Waals surface area contributed by atoms with E-state index >= 15 is 0 Å². The second kappa shape index (κ2) is 10.6. The lowest BCUT2D eigenvalue weighted by Crippen LogP contribution is -2.21. The highest BCUT2D eigenvalue weighted by atomic mass is 32.2. The van der Waals surface area contributed by atoms with E-state index in [2.05, 4.69) is 10.6 Å². The monoisotopic (exact) mass is 452 g/mol. The Morgan fingerprint density at radius 2 is 1.50 bits per heavy atom. The van der Waals surface area contributed by atoms with Gasteiger partial charge in [0.2, 0.25) is 5.91 Å². The van der Waals surface area contributed by atoms with E-state index in [1.54, 1.807) is 79.9 Å². The second-order valence-electron chi connectivity index (χ2n) is 7.10. The van der Waals surface area contributed by atoms with Crippen LogP contribution in [0.1, 0.15) is 22.3 Å². The van der Waals surface area contributed by atoms with Crippen LogP contribution >= 0.6 is 0 Å². The van der Waals surface area contributed by atoms with Crippen molar-refractivity contribution in [2.75, 3.05) is 23.5 Å². The van der Waals surface area contributed by atoms with Crippen LogP contribution in [-0.2, 0) is 20.4 Å². The van der Waals surface area contributed by atoms with Crippen molar-refractivity contribution >= 4 is 33.0 Å². The SMILES string of the molecule is COc1ccc(NC(=O)c2ccccc2NC(=O)CCS(=O)(=O)Cc2ccccc2)cc1. The summed E-state index contributed by atoms with van der Waals surface area (Å²) in [5, 5.41) is 5.41. The van der Waals surface area contributed by atoms with Gasteiger partial charge in [0.25, 0.3) is 5.91 Å². The first-order valence-electron chi connectivity index (χ1n) is 9.95. The number of rotatable bonds is 9. The van der Waals surface area contributed by atoms with Gasteiger partial charge in [0, 0.05) is 12.1 Å². The number of benzene rings is 3. The molecule has 166 valence electrons. The molecule has 2 N–H and O–H groups in total. The van der Waals surface area contributed by atoms with E-state index in [0.717, 1.165) is 0 Å². The first kappa shape index (κ1) is 23.0. The van der Waals surface area contributed by atoms with E-state index in [1.165, 1.54) is 0 Å². The zero-order valence-corrected chi connectivity index (χ0v) is 18.4. The van der Waals surface area contributed by atoms with E-state index in [4.69, 9.17) is 4.74 Å². The predicted octanol–water partition coefficient (Wildman–Crippen LogP) is 3.89. The van der Waals surface area contributed by atoms with Crippen molar-refractivity contribution in [1.29, 1.82) is 0 Å². The molecule has 0 saturated carbocycles. The Morgan fingerprint density at radius 3 is 2.19 bits per heavy atom. The molecular formula is C24H24N2O5S. The summed E-state index contributed by atoms with van der Waals surface area (Å²) >= 11 is 0. The van der Waals surface area contributed by atoms with Gasteiger partial charge in [-0.3, -0.25) is 9.59 Å². The summed E-state index contributed by atoms with van der Waals surface area (Å²) < 4.78 is 29.8. The Kier molecular flexibility index (Phi) is 7.62. The first-order valence-corrected chi connectivity index (χ1v) is 11.8. The number of methoxy groups -OCH3 is 1. The summed E-state index contributed by atoms with van der Waals surface area (Å²) in [6, 6.07) is 22.2. The quantitative estimate of drug-likeness (QED) is 0.513. The Balaban J connectivity index is 1.61. The van der Waals surface area contributed by atoms with Gasteiger partial charge >= 0.3 is 0 Å². The molecule has 8 heteroatoms. The van der Waals surface area contributed by atoms with E-state index in [9.17, 15) is 18.0 Å². The van der Waals surface area contributed by atoms with Crippen LogP contribution in [0.15, 0.2) is 78.9 Å². The minimum Gasteiger partial charge on any atom is -0.497 e. The standard InChI is InChI=1S/C24H24N2O5S/c1-31-20-13-11-19(12-14-20)25-24(28)21-9-5-6-10-22(21)26-23(27)15-16-32(29,30)17-18-7-3-2-4-8-18/h2-14H,15-17H2,1H3,(H,25,28)(H,26,27). The molecule has 0 heterocycles. The van der Waals surface area contributed by atoms with Crippen LogP contribution in [0.4, 0.5) is 11.4 Å². The van der Waals surface area contributed by atoms with Crippen LogP contribution < -0.4 is 15.4 Å². The average molecular weight is 453 g/mol. The van der Waals surface area contributed by atoms with Crippen LogP contribution in [-0.4, -0.2) is 33.1 Å². The third-order valence-corrected chi connectivity index (χ3v) is 6.26. The second-order valence-corrected chi connectivity index (χ2v) is 9.29. The number of hydrogen-bond acceptors (Lipinski definition) is 5. The fraction of sp³-hybridized carbons (Fsp3) is 0.167. The summed E-state index contributed by atoms with van der Waals surface area (Å²) in [7, 11) is -1.89. The molecule has 0 fully saturated rings. The molecule has 0 atom stereocenters. The maximum absolute atomic E-state index is 12.7. The van der Waals surface area contributed by atoms with Gasteiger partial charge < -0.3 is 15.4 Å². The largest absolute Gasteiger partial charge is 0.497 e. The van der Waals surface area contributed by atoms with E-state index in [-0.39, 0.29) is 23.5 Å². The summed E-state index contributed by atoms with van der Waals surface area (Å²) in [5.41, 5.74) is 1.82. The molecule has 0 spiro atoms. The van der Waals surface area contributed by atoms with Gasteiger partial charge in [-0.05, 0) is 42.0 Å². The van der Waals surface area contributed by atoms with E-state index in [1.807, 2.05) is 6.07 Å². The van der Waals surface area contributed by atoms with Crippen molar-refractivity contribution in [2.45, 2.75) is 12.2 Å². The van der Waals surface area contributed by atoms with Gasteiger partial charge in [0.1, 0.15) is 5.75 Å². The molecule has 0 radical (unpaired) electrons. The molecule has 0 aliphatic rings. The van der Waals surface area contributed by atoms with Gasteiger partial charge in [0.15, 0.2) is 9.84 Å². The summed E-state index contributed by atoms with van der Waals surface area (Å²) in [6.07, 6.45) is -0.205. The van der Waals surface area contributed by atoms with Crippen molar-refractivity contribution in [2.24, 2.45) is 0 Å². The van der Waals surface area contributed by atoms with Gasteiger partial charge in [-0.1, -0.05) is 42.5 Å². The predicted molar refractivity (Wildman–Crippen MR) is 125 cm³/mol. The highest BCUT2D eigenvalue weighted by Gasteiger charge is 2.17. The Bertz CT molecular complexity index is 1180. The minimum absolute atomic E-state index is 0.123. The molecule has 0 bridgehead atoms. The molecule has 0 aliphatic carbocycles. The topological polar surface area (TPSA) is 102 Å². The van der Waals surface area contributed by atoms with E-state index < -0.39 is 21.7 Å². The molecular weight excluding hydrogens is 428 g/mol. The zero-order chi connectivity index (χ0) is 23.0. The highest BCUT2D eigenvalue weighted by molar-refractivity contribution is 7.90. The van der Waals surface area contributed by atoms with Crippen LogP contribution in [0.3, 0.4) is 0 Å². The van der Waals surface area contributed by atoms with Gasteiger partial charge in [-0.25, -0.2) is 8.42 Å². The number of carbonyl (C=O) groups is 2. The number of amides is 2. The summed E-state index contributed by atoms with van der Waals surface area (Å²) in [4.78, 5) is 25.1.